The number of ketones is 1. The first kappa shape index (κ1) is 28.2. The van der Waals surface area contributed by atoms with Crippen LogP contribution in [0.25, 0.3) is 16.0 Å². The SMILES string of the molecule is CCCOc1cccc(/C(O)=C2\C(=O)C(=O)N(c3nc4c(C)cc(C)cc4s3)C2c2ccc(OCC)c(OC)c2)c1. The zero-order valence-corrected chi connectivity index (χ0v) is 24.5. The van der Waals surface area contributed by atoms with Gasteiger partial charge in [-0.25, -0.2) is 4.98 Å². The van der Waals surface area contributed by atoms with Gasteiger partial charge in [0.05, 0.1) is 42.2 Å². The number of hydrogen-bond acceptors (Lipinski definition) is 8. The van der Waals surface area contributed by atoms with Crippen LogP contribution in [0.4, 0.5) is 5.13 Å². The first-order valence-electron chi connectivity index (χ1n) is 13.5. The lowest BCUT2D eigenvalue weighted by Crippen LogP contribution is -2.29. The molecule has 1 amide bonds. The highest BCUT2D eigenvalue weighted by atomic mass is 32.1. The molecule has 1 unspecified atom stereocenters. The number of aromatic nitrogens is 1. The van der Waals surface area contributed by atoms with E-state index in [-0.39, 0.29) is 11.3 Å². The fraction of sp³-hybridized carbons (Fsp3) is 0.281. The van der Waals surface area contributed by atoms with Crippen molar-refractivity contribution < 1.29 is 28.9 Å². The molecule has 212 valence electrons. The number of fused-ring (bicyclic) bond motifs is 1. The molecule has 5 rings (SSSR count). The molecule has 41 heavy (non-hydrogen) atoms. The van der Waals surface area contributed by atoms with Crippen LogP contribution >= 0.6 is 11.3 Å². The molecule has 2 heterocycles. The van der Waals surface area contributed by atoms with E-state index in [9.17, 15) is 14.7 Å². The minimum absolute atomic E-state index is 0.0407. The number of methoxy groups -OCH3 is 1. The normalized spacial score (nSPS) is 16.4. The van der Waals surface area contributed by atoms with E-state index in [1.165, 1.54) is 23.3 Å². The predicted octanol–water partition coefficient (Wildman–Crippen LogP) is 6.74. The summed E-state index contributed by atoms with van der Waals surface area (Å²) >= 11 is 1.33. The second kappa shape index (κ2) is 11.6. The Balaban J connectivity index is 1.72. The number of hydrogen-bond donors (Lipinski definition) is 1. The smallest absolute Gasteiger partial charge is 0.301 e. The van der Waals surface area contributed by atoms with Gasteiger partial charge in [0, 0.05) is 5.56 Å². The van der Waals surface area contributed by atoms with Crippen LogP contribution in [0.5, 0.6) is 17.2 Å². The Kier molecular flexibility index (Phi) is 7.99. The van der Waals surface area contributed by atoms with Crippen molar-refractivity contribution in [2.24, 2.45) is 0 Å². The summed E-state index contributed by atoms with van der Waals surface area (Å²) in [5.74, 6) is -0.327. The van der Waals surface area contributed by atoms with E-state index in [0.29, 0.717) is 46.7 Å². The Labute approximate surface area is 242 Å². The fourth-order valence-electron chi connectivity index (χ4n) is 5.04. The Bertz CT molecular complexity index is 1670. The van der Waals surface area contributed by atoms with E-state index >= 15 is 0 Å². The number of thiazole rings is 1. The van der Waals surface area contributed by atoms with Gasteiger partial charge in [-0.3, -0.25) is 14.5 Å². The van der Waals surface area contributed by atoms with E-state index < -0.39 is 17.7 Å². The summed E-state index contributed by atoms with van der Waals surface area (Å²) in [5, 5.41) is 12.0. The van der Waals surface area contributed by atoms with E-state index in [1.54, 1.807) is 42.5 Å². The second-order valence-electron chi connectivity index (χ2n) is 9.81. The monoisotopic (exact) mass is 572 g/mol. The van der Waals surface area contributed by atoms with Crippen LogP contribution in [-0.2, 0) is 9.59 Å². The maximum absolute atomic E-state index is 13.7. The molecule has 1 aliphatic rings. The summed E-state index contributed by atoms with van der Waals surface area (Å²) in [4.78, 5) is 33.6. The molecule has 1 aliphatic heterocycles. The third-order valence-electron chi connectivity index (χ3n) is 6.85. The third kappa shape index (κ3) is 5.25. The average molecular weight is 573 g/mol. The summed E-state index contributed by atoms with van der Waals surface area (Å²) in [6.45, 7) is 8.79. The first-order chi connectivity index (χ1) is 19.8. The number of benzene rings is 3. The van der Waals surface area contributed by atoms with Gasteiger partial charge in [0.25, 0.3) is 5.78 Å². The van der Waals surface area contributed by atoms with Crippen molar-refractivity contribution in [3.05, 3.63) is 82.4 Å². The lowest BCUT2D eigenvalue weighted by Gasteiger charge is -2.24. The first-order valence-corrected chi connectivity index (χ1v) is 14.3. The van der Waals surface area contributed by atoms with Gasteiger partial charge < -0.3 is 19.3 Å². The number of nitrogens with zero attached hydrogens (tertiary/aromatic N) is 2. The van der Waals surface area contributed by atoms with Gasteiger partial charge in [-0.15, -0.1) is 0 Å². The number of aliphatic hydroxyl groups is 1. The summed E-state index contributed by atoms with van der Waals surface area (Å²) in [6, 6.07) is 15.2. The molecule has 8 nitrogen and oxygen atoms in total. The third-order valence-corrected chi connectivity index (χ3v) is 7.85. The highest BCUT2D eigenvalue weighted by Crippen LogP contribution is 2.46. The van der Waals surface area contributed by atoms with Crippen LogP contribution in [0.1, 0.15) is 48.6 Å². The van der Waals surface area contributed by atoms with Crippen molar-refractivity contribution in [2.75, 3.05) is 25.2 Å². The van der Waals surface area contributed by atoms with E-state index in [0.717, 1.165) is 27.8 Å². The number of Topliss-reactive ketones (excluding diaryl/α,β-unsaturated/α-hetero) is 1. The topological polar surface area (TPSA) is 98.2 Å². The van der Waals surface area contributed by atoms with Crippen molar-refractivity contribution in [1.29, 1.82) is 0 Å². The maximum atomic E-state index is 13.7. The number of carbonyl (C=O) groups excluding carboxylic acids is 2. The molecule has 0 aliphatic carbocycles. The molecule has 1 fully saturated rings. The Hall–Kier alpha value is -4.37. The van der Waals surface area contributed by atoms with Crippen LogP contribution in [0, 0.1) is 13.8 Å². The quantitative estimate of drug-likeness (QED) is 0.135. The molecule has 0 saturated carbocycles. The van der Waals surface area contributed by atoms with Crippen LogP contribution in [-0.4, -0.2) is 42.1 Å². The van der Waals surface area contributed by atoms with Crippen molar-refractivity contribution in [3.8, 4) is 17.2 Å². The zero-order chi connectivity index (χ0) is 29.3. The lowest BCUT2D eigenvalue weighted by molar-refractivity contribution is -0.132. The molecule has 1 saturated heterocycles. The van der Waals surface area contributed by atoms with Crippen molar-refractivity contribution in [3.63, 3.8) is 0 Å². The van der Waals surface area contributed by atoms with E-state index in [4.69, 9.17) is 19.2 Å². The number of carbonyl (C=O) groups is 2. The minimum atomic E-state index is -0.957. The predicted molar refractivity (Wildman–Crippen MR) is 160 cm³/mol. The molecule has 0 bridgehead atoms. The molecule has 3 aromatic carbocycles. The number of amides is 1. The molecule has 1 aromatic heterocycles. The highest BCUT2D eigenvalue weighted by Gasteiger charge is 2.48. The number of rotatable bonds is 9. The second-order valence-corrected chi connectivity index (χ2v) is 10.8. The van der Waals surface area contributed by atoms with Crippen LogP contribution in [0.3, 0.4) is 0 Å². The van der Waals surface area contributed by atoms with E-state index in [2.05, 4.69) is 0 Å². The van der Waals surface area contributed by atoms with Gasteiger partial charge in [0.1, 0.15) is 11.5 Å². The standard InChI is InChI=1S/C32H32N2O6S/c1-6-13-40-22-10-8-9-21(16-22)29(35)26-28(20-11-12-23(39-7-2)24(17-20)38-5)34(31(37)30(26)36)32-33-27-19(4)14-18(3)15-25(27)41-32/h8-12,14-17,28,35H,6-7,13H2,1-5H3/b29-26+. The zero-order valence-electron chi connectivity index (χ0n) is 23.7. The van der Waals surface area contributed by atoms with Crippen LogP contribution in [0.15, 0.2) is 60.2 Å². The Morgan fingerprint density at radius 2 is 1.83 bits per heavy atom. The van der Waals surface area contributed by atoms with Crippen molar-refractivity contribution in [2.45, 2.75) is 40.2 Å². The molecule has 1 N–H and O–H groups in total. The largest absolute Gasteiger partial charge is 0.507 e. The van der Waals surface area contributed by atoms with Gasteiger partial charge in [0.15, 0.2) is 16.6 Å². The molecule has 0 spiro atoms. The molecular weight excluding hydrogens is 540 g/mol. The minimum Gasteiger partial charge on any atom is -0.507 e. The van der Waals surface area contributed by atoms with Gasteiger partial charge in [-0.2, -0.15) is 0 Å². The molecule has 4 aromatic rings. The Morgan fingerprint density at radius 3 is 2.56 bits per heavy atom. The van der Waals surface area contributed by atoms with Crippen molar-refractivity contribution in [1.82, 2.24) is 4.98 Å². The number of aliphatic hydroxyl groups excluding tert-OH is 1. The molecular formula is C32H32N2O6S. The van der Waals surface area contributed by atoms with Gasteiger partial charge >= 0.3 is 5.91 Å². The molecule has 9 heteroatoms. The highest BCUT2D eigenvalue weighted by molar-refractivity contribution is 7.22. The summed E-state index contributed by atoms with van der Waals surface area (Å²) < 4.78 is 17.9. The lowest BCUT2D eigenvalue weighted by atomic mass is 9.95. The van der Waals surface area contributed by atoms with Gasteiger partial charge in [0.2, 0.25) is 0 Å². The summed E-state index contributed by atoms with van der Waals surface area (Å²) in [7, 11) is 1.53. The number of anilines is 1. The maximum Gasteiger partial charge on any atom is 0.301 e. The van der Waals surface area contributed by atoms with Gasteiger partial charge in [-0.05, 0) is 74.2 Å². The van der Waals surface area contributed by atoms with Crippen LogP contribution in [0.2, 0.25) is 0 Å². The van der Waals surface area contributed by atoms with Crippen molar-refractivity contribution >= 4 is 44.1 Å². The van der Waals surface area contributed by atoms with Gasteiger partial charge in [-0.1, -0.05) is 42.5 Å². The van der Waals surface area contributed by atoms with E-state index in [1.807, 2.05) is 39.8 Å². The molecule has 0 radical (unpaired) electrons. The number of aryl methyl sites for hydroxylation is 2. The fourth-order valence-corrected chi connectivity index (χ4v) is 6.21. The number of ether oxygens (including phenoxy) is 3. The van der Waals surface area contributed by atoms with Crippen LogP contribution < -0.4 is 19.1 Å². The Morgan fingerprint density at radius 1 is 1.02 bits per heavy atom. The molecule has 1 atom stereocenters. The summed E-state index contributed by atoms with van der Waals surface area (Å²) in [6.07, 6.45) is 0.821. The summed E-state index contributed by atoms with van der Waals surface area (Å²) in [5.41, 5.74) is 3.71. The average Bonchev–Trinajstić information content (AvgIpc) is 3.50.